The van der Waals surface area contributed by atoms with Crippen LogP contribution in [0.1, 0.15) is 5.56 Å². The lowest BCUT2D eigenvalue weighted by molar-refractivity contribution is 0.367. The highest BCUT2D eigenvalue weighted by molar-refractivity contribution is 7.80. The van der Waals surface area contributed by atoms with Gasteiger partial charge in [-0.3, -0.25) is 4.68 Å². The summed E-state index contributed by atoms with van der Waals surface area (Å²) >= 11 is 5.04. The number of benzene rings is 2. The normalized spacial score (nSPS) is 10.8. The number of hydrogen-bond donors (Lipinski definition) is 2. The standard InChI is InChI=1S/C17H10F6N4S/c18-8-2-1-3-9(6-8)24-17(28)25-11-4-5-27(26-11)7-10-12(19)14(21)16(23)15(22)13(10)20/h1-6H,7H2,(H2,24,25,26,28). The Kier molecular flexibility index (Phi) is 5.54. The minimum absolute atomic E-state index is 0.0482. The number of aromatic nitrogens is 2. The zero-order valence-electron chi connectivity index (χ0n) is 13.7. The van der Waals surface area contributed by atoms with Crippen molar-refractivity contribution in [1.29, 1.82) is 0 Å². The SMILES string of the molecule is Fc1cccc(NC(=S)Nc2ccn(Cc3c(F)c(F)c(F)c(F)c3F)n2)c1. The summed E-state index contributed by atoms with van der Waals surface area (Å²) in [5.41, 5.74) is -0.648. The lowest BCUT2D eigenvalue weighted by Crippen LogP contribution is -2.19. The first-order valence-electron chi connectivity index (χ1n) is 7.63. The monoisotopic (exact) mass is 416 g/mol. The van der Waals surface area contributed by atoms with Gasteiger partial charge in [-0.25, -0.2) is 26.3 Å². The number of nitrogens with zero attached hydrogens (tertiary/aromatic N) is 2. The van der Waals surface area contributed by atoms with Crippen molar-refractivity contribution in [3.8, 4) is 0 Å². The van der Waals surface area contributed by atoms with Crippen LogP contribution in [-0.4, -0.2) is 14.9 Å². The number of thiocarbonyl (C=S) groups is 1. The molecule has 0 aliphatic rings. The van der Waals surface area contributed by atoms with Crippen LogP contribution in [0.4, 0.5) is 37.8 Å². The van der Waals surface area contributed by atoms with Gasteiger partial charge in [0.2, 0.25) is 5.82 Å². The summed E-state index contributed by atoms with van der Waals surface area (Å²) in [5, 5.41) is 9.30. The van der Waals surface area contributed by atoms with Crippen molar-refractivity contribution < 1.29 is 26.3 Å². The van der Waals surface area contributed by atoms with Crippen molar-refractivity contribution in [3.05, 3.63) is 77.0 Å². The number of hydrogen-bond acceptors (Lipinski definition) is 2. The highest BCUT2D eigenvalue weighted by Gasteiger charge is 2.25. The van der Waals surface area contributed by atoms with E-state index in [-0.39, 0.29) is 10.9 Å². The Hall–Kier alpha value is -3.08. The molecule has 0 bridgehead atoms. The van der Waals surface area contributed by atoms with Crippen molar-refractivity contribution in [2.75, 3.05) is 10.6 Å². The Morgan fingerprint density at radius 3 is 2.18 bits per heavy atom. The average Bonchev–Trinajstić information content (AvgIpc) is 3.09. The van der Waals surface area contributed by atoms with Crippen molar-refractivity contribution in [2.24, 2.45) is 0 Å². The van der Waals surface area contributed by atoms with E-state index < -0.39 is 47.0 Å². The van der Waals surface area contributed by atoms with E-state index in [4.69, 9.17) is 12.2 Å². The quantitative estimate of drug-likeness (QED) is 0.283. The summed E-state index contributed by atoms with van der Waals surface area (Å²) in [4.78, 5) is 0. The molecule has 4 nitrogen and oxygen atoms in total. The topological polar surface area (TPSA) is 41.9 Å². The molecule has 1 heterocycles. The van der Waals surface area contributed by atoms with E-state index >= 15 is 0 Å². The van der Waals surface area contributed by atoms with Crippen LogP contribution in [0, 0.1) is 34.9 Å². The number of nitrogens with one attached hydrogen (secondary N) is 2. The van der Waals surface area contributed by atoms with Gasteiger partial charge in [0.25, 0.3) is 0 Å². The van der Waals surface area contributed by atoms with Crippen molar-refractivity contribution in [3.63, 3.8) is 0 Å². The number of rotatable bonds is 4. The fourth-order valence-electron chi connectivity index (χ4n) is 2.31. The third-order valence-corrected chi connectivity index (χ3v) is 3.79. The Labute approximate surface area is 159 Å². The van der Waals surface area contributed by atoms with E-state index in [1.165, 1.54) is 30.5 Å². The summed E-state index contributed by atoms with van der Waals surface area (Å²) in [5.74, 6) is -10.5. The van der Waals surface area contributed by atoms with E-state index in [1.54, 1.807) is 6.07 Å². The lowest BCUT2D eigenvalue weighted by atomic mass is 10.1. The Bertz CT molecular complexity index is 1020. The average molecular weight is 416 g/mol. The highest BCUT2D eigenvalue weighted by atomic mass is 32.1. The summed E-state index contributed by atoms with van der Waals surface area (Å²) < 4.78 is 81.2. The Balaban J connectivity index is 1.72. The number of anilines is 2. The minimum atomic E-state index is -2.23. The predicted molar refractivity (Wildman–Crippen MR) is 93.8 cm³/mol. The van der Waals surface area contributed by atoms with Gasteiger partial charge in [-0.05, 0) is 30.4 Å². The van der Waals surface area contributed by atoms with Crippen LogP contribution < -0.4 is 10.6 Å². The maximum atomic E-state index is 13.7. The van der Waals surface area contributed by atoms with Gasteiger partial charge in [-0.2, -0.15) is 5.10 Å². The maximum Gasteiger partial charge on any atom is 0.200 e. The molecule has 0 fully saturated rings. The predicted octanol–water partition coefficient (Wildman–Crippen LogP) is 4.57. The molecule has 11 heteroatoms. The zero-order valence-corrected chi connectivity index (χ0v) is 14.6. The molecule has 2 aromatic carbocycles. The van der Waals surface area contributed by atoms with E-state index in [1.807, 2.05) is 0 Å². The molecule has 0 saturated heterocycles. The van der Waals surface area contributed by atoms with Crippen LogP contribution in [0.3, 0.4) is 0 Å². The van der Waals surface area contributed by atoms with Gasteiger partial charge in [-0.1, -0.05) is 6.07 Å². The van der Waals surface area contributed by atoms with Crippen molar-refractivity contribution >= 4 is 28.8 Å². The molecule has 1 aromatic heterocycles. The molecule has 0 aliphatic carbocycles. The summed E-state index contributed by atoms with van der Waals surface area (Å²) in [6.07, 6.45) is 1.26. The first-order valence-corrected chi connectivity index (χ1v) is 8.04. The van der Waals surface area contributed by atoms with Crippen LogP contribution in [0.2, 0.25) is 0 Å². The fraction of sp³-hybridized carbons (Fsp3) is 0.0588. The van der Waals surface area contributed by atoms with Gasteiger partial charge in [0.15, 0.2) is 34.2 Å². The van der Waals surface area contributed by atoms with E-state index in [2.05, 4.69) is 15.7 Å². The third-order valence-electron chi connectivity index (χ3n) is 3.59. The molecule has 0 aliphatic heterocycles. The number of halogens is 6. The van der Waals surface area contributed by atoms with Crippen LogP contribution in [0.25, 0.3) is 0 Å². The third kappa shape index (κ3) is 4.09. The van der Waals surface area contributed by atoms with Gasteiger partial charge >= 0.3 is 0 Å². The lowest BCUT2D eigenvalue weighted by Gasteiger charge is -2.09. The smallest absolute Gasteiger partial charge is 0.200 e. The van der Waals surface area contributed by atoms with E-state index in [0.717, 1.165) is 4.68 Å². The van der Waals surface area contributed by atoms with Gasteiger partial charge in [0.05, 0.1) is 12.1 Å². The fourth-order valence-corrected chi connectivity index (χ4v) is 2.53. The molecule has 2 N–H and O–H groups in total. The zero-order chi connectivity index (χ0) is 20.4. The van der Waals surface area contributed by atoms with Crippen LogP contribution in [0.5, 0.6) is 0 Å². The first-order chi connectivity index (χ1) is 13.3. The Morgan fingerprint density at radius 2 is 1.54 bits per heavy atom. The van der Waals surface area contributed by atoms with Crippen LogP contribution >= 0.6 is 12.2 Å². The molecule has 28 heavy (non-hydrogen) atoms. The van der Waals surface area contributed by atoms with Crippen molar-refractivity contribution in [1.82, 2.24) is 9.78 Å². The van der Waals surface area contributed by atoms with Gasteiger partial charge in [0, 0.05) is 18.0 Å². The first kappa shape index (κ1) is 19.7. The molecule has 0 saturated carbocycles. The van der Waals surface area contributed by atoms with Crippen LogP contribution in [0.15, 0.2) is 36.5 Å². The van der Waals surface area contributed by atoms with Crippen LogP contribution in [-0.2, 0) is 6.54 Å². The molecule has 0 atom stereocenters. The molecule has 3 rings (SSSR count). The maximum absolute atomic E-state index is 13.7. The van der Waals surface area contributed by atoms with E-state index in [9.17, 15) is 26.3 Å². The molecular weight excluding hydrogens is 406 g/mol. The molecule has 0 amide bonds. The summed E-state index contributed by atoms with van der Waals surface area (Å²) in [6.45, 7) is -0.697. The molecule has 0 spiro atoms. The Morgan fingerprint density at radius 1 is 0.893 bits per heavy atom. The molecule has 3 aromatic rings. The van der Waals surface area contributed by atoms with Gasteiger partial charge in [-0.15, -0.1) is 0 Å². The van der Waals surface area contributed by atoms with Gasteiger partial charge < -0.3 is 10.6 Å². The van der Waals surface area contributed by atoms with E-state index in [0.29, 0.717) is 5.69 Å². The molecule has 146 valence electrons. The molecule has 0 radical (unpaired) electrons. The second-order valence-electron chi connectivity index (χ2n) is 5.54. The molecular formula is C17H10F6N4S. The van der Waals surface area contributed by atoms with Crippen molar-refractivity contribution in [2.45, 2.75) is 6.54 Å². The van der Waals surface area contributed by atoms with Gasteiger partial charge in [0.1, 0.15) is 5.82 Å². The highest BCUT2D eigenvalue weighted by Crippen LogP contribution is 2.23. The second-order valence-corrected chi connectivity index (χ2v) is 5.94. The molecule has 0 unspecified atom stereocenters. The minimum Gasteiger partial charge on any atom is -0.332 e. The second kappa shape index (κ2) is 7.89. The summed E-state index contributed by atoms with van der Waals surface area (Å²) in [6, 6.07) is 6.86. The largest absolute Gasteiger partial charge is 0.332 e. The summed E-state index contributed by atoms with van der Waals surface area (Å²) in [7, 11) is 0.